The summed E-state index contributed by atoms with van der Waals surface area (Å²) < 4.78 is 6.28. The van der Waals surface area contributed by atoms with Crippen LogP contribution in [0.4, 0.5) is 0 Å². The van der Waals surface area contributed by atoms with E-state index in [2.05, 4.69) is 35.1 Å². The van der Waals surface area contributed by atoms with Crippen LogP contribution in [0.3, 0.4) is 0 Å². The molecule has 0 saturated carbocycles. The van der Waals surface area contributed by atoms with Crippen LogP contribution < -0.4 is 10.1 Å². The van der Waals surface area contributed by atoms with Crippen molar-refractivity contribution in [1.29, 1.82) is 0 Å². The van der Waals surface area contributed by atoms with Crippen LogP contribution in [0.5, 0.6) is 5.75 Å². The van der Waals surface area contributed by atoms with Crippen molar-refractivity contribution < 1.29 is 9.53 Å². The van der Waals surface area contributed by atoms with Crippen LogP contribution >= 0.6 is 27.5 Å². The number of amides is 1. The fourth-order valence-electron chi connectivity index (χ4n) is 2.25. The number of carbonyl (C=O) groups is 1. The SMILES string of the molecule is CC(C)[C@@H](NC(=O)COc1ccc(Cl)cc1Br)c1ccccc1. The molecular formula is C18H19BrClNO2. The van der Waals surface area contributed by atoms with Crippen molar-refractivity contribution in [2.75, 3.05) is 6.61 Å². The number of rotatable bonds is 6. The van der Waals surface area contributed by atoms with Gasteiger partial charge in [0.1, 0.15) is 5.75 Å². The number of hydrogen-bond acceptors (Lipinski definition) is 2. The van der Waals surface area contributed by atoms with Crippen LogP contribution in [0.25, 0.3) is 0 Å². The Hall–Kier alpha value is -1.52. The Morgan fingerprint density at radius 3 is 2.52 bits per heavy atom. The molecule has 2 rings (SSSR count). The lowest BCUT2D eigenvalue weighted by molar-refractivity contribution is -0.124. The molecule has 0 unspecified atom stereocenters. The van der Waals surface area contributed by atoms with Crippen LogP contribution in [0.15, 0.2) is 53.0 Å². The third kappa shape index (κ3) is 5.26. The Labute approximate surface area is 150 Å². The molecule has 0 fully saturated rings. The van der Waals surface area contributed by atoms with Gasteiger partial charge in [-0.2, -0.15) is 0 Å². The van der Waals surface area contributed by atoms with E-state index in [1.807, 2.05) is 30.3 Å². The highest BCUT2D eigenvalue weighted by molar-refractivity contribution is 9.10. The molecule has 0 aromatic heterocycles. The molecule has 0 aliphatic carbocycles. The summed E-state index contributed by atoms with van der Waals surface area (Å²) in [7, 11) is 0. The third-order valence-electron chi connectivity index (χ3n) is 3.39. The molecule has 0 heterocycles. The molecule has 0 spiro atoms. The normalized spacial score (nSPS) is 12.0. The predicted molar refractivity (Wildman–Crippen MR) is 96.8 cm³/mol. The first kappa shape index (κ1) is 17.8. The van der Waals surface area contributed by atoms with Crippen LogP contribution in [-0.4, -0.2) is 12.5 Å². The van der Waals surface area contributed by atoms with E-state index in [1.54, 1.807) is 18.2 Å². The maximum Gasteiger partial charge on any atom is 0.258 e. The summed E-state index contributed by atoms with van der Waals surface area (Å²) in [5.74, 6) is 0.711. The monoisotopic (exact) mass is 395 g/mol. The zero-order chi connectivity index (χ0) is 16.8. The van der Waals surface area contributed by atoms with E-state index in [0.29, 0.717) is 10.8 Å². The first-order chi connectivity index (χ1) is 11.0. The van der Waals surface area contributed by atoms with Crippen molar-refractivity contribution in [3.8, 4) is 5.75 Å². The lowest BCUT2D eigenvalue weighted by atomic mass is 9.96. The highest BCUT2D eigenvalue weighted by Gasteiger charge is 2.18. The van der Waals surface area contributed by atoms with Crippen molar-refractivity contribution in [1.82, 2.24) is 5.32 Å². The van der Waals surface area contributed by atoms with Gasteiger partial charge in [0, 0.05) is 5.02 Å². The molecular weight excluding hydrogens is 378 g/mol. The Morgan fingerprint density at radius 1 is 1.22 bits per heavy atom. The number of nitrogens with one attached hydrogen (secondary N) is 1. The summed E-state index contributed by atoms with van der Waals surface area (Å²) in [6.45, 7) is 4.11. The fourth-order valence-corrected chi connectivity index (χ4v) is 3.04. The fraction of sp³-hybridized carbons (Fsp3) is 0.278. The molecule has 2 aromatic carbocycles. The number of ether oxygens (including phenoxy) is 1. The van der Waals surface area contributed by atoms with Crippen LogP contribution in [0.2, 0.25) is 5.02 Å². The topological polar surface area (TPSA) is 38.3 Å². The predicted octanol–water partition coefficient (Wildman–Crippen LogP) is 4.99. The van der Waals surface area contributed by atoms with Crippen molar-refractivity contribution in [3.63, 3.8) is 0 Å². The molecule has 23 heavy (non-hydrogen) atoms. The Bertz CT molecular complexity index is 661. The van der Waals surface area contributed by atoms with Crippen LogP contribution in [0, 0.1) is 5.92 Å². The Kier molecular flexibility index (Phi) is 6.48. The average Bonchev–Trinajstić information content (AvgIpc) is 2.52. The molecule has 2 aromatic rings. The molecule has 5 heteroatoms. The van der Waals surface area contributed by atoms with Gasteiger partial charge in [-0.1, -0.05) is 55.8 Å². The molecule has 0 saturated heterocycles. The van der Waals surface area contributed by atoms with Crippen molar-refractivity contribution in [2.45, 2.75) is 19.9 Å². The lowest BCUT2D eigenvalue weighted by Crippen LogP contribution is -2.35. The second-order valence-electron chi connectivity index (χ2n) is 5.56. The minimum Gasteiger partial charge on any atom is -0.483 e. The molecule has 0 aliphatic heterocycles. The first-order valence-electron chi connectivity index (χ1n) is 7.39. The van der Waals surface area contributed by atoms with Gasteiger partial charge in [0.15, 0.2) is 6.61 Å². The van der Waals surface area contributed by atoms with Crippen LogP contribution in [0.1, 0.15) is 25.5 Å². The minimum atomic E-state index is -0.158. The average molecular weight is 397 g/mol. The van der Waals surface area contributed by atoms with Crippen molar-refractivity contribution in [3.05, 3.63) is 63.6 Å². The summed E-state index contributed by atoms with van der Waals surface area (Å²) >= 11 is 9.25. The molecule has 0 bridgehead atoms. The summed E-state index contributed by atoms with van der Waals surface area (Å²) in [5.41, 5.74) is 1.09. The zero-order valence-corrected chi connectivity index (χ0v) is 15.4. The molecule has 3 nitrogen and oxygen atoms in total. The molecule has 122 valence electrons. The van der Waals surface area contributed by atoms with Gasteiger partial charge in [-0.25, -0.2) is 0 Å². The summed E-state index contributed by atoms with van der Waals surface area (Å²) in [6, 6.07) is 15.1. The highest BCUT2D eigenvalue weighted by atomic mass is 79.9. The van der Waals surface area contributed by atoms with Gasteiger partial charge in [0.25, 0.3) is 5.91 Å². The molecule has 1 amide bonds. The van der Waals surface area contributed by atoms with Crippen molar-refractivity contribution >= 4 is 33.4 Å². The number of carbonyl (C=O) groups excluding carboxylic acids is 1. The maximum absolute atomic E-state index is 12.2. The summed E-state index contributed by atoms with van der Waals surface area (Å²) in [4.78, 5) is 12.2. The second-order valence-corrected chi connectivity index (χ2v) is 6.85. The Morgan fingerprint density at radius 2 is 1.91 bits per heavy atom. The highest BCUT2D eigenvalue weighted by Crippen LogP contribution is 2.28. The largest absolute Gasteiger partial charge is 0.483 e. The number of hydrogen-bond donors (Lipinski definition) is 1. The van der Waals surface area contributed by atoms with E-state index in [-0.39, 0.29) is 24.5 Å². The minimum absolute atomic E-state index is 0.0408. The quantitative estimate of drug-likeness (QED) is 0.746. The van der Waals surface area contributed by atoms with E-state index in [9.17, 15) is 4.79 Å². The maximum atomic E-state index is 12.2. The standard InChI is InChI=1S/C18H19BrClNO2/c1-12(2)18(13-6-4-3-5-7-13)21-17(22)11-23-16-9-8-14(20)10-15(16)19/h3-10,12,18H,11H2,1-2H3,(H,21,22)/t18-/m1/s1. The van der Waals surface area contributed by atoms with E-state index >= 15 is 0 Å². The summed E-state index contributed by atoms with van der Waals surface area (Å²) in [6.07, 6.45) is 0. The lowest BCUT2D eigenvalue weighted by Gasteiger charge is -2.23. The molecule has 1 atom stereocenters. The first-order valence-corrected chi connectivity index (χ1v) is 8.56. The number of halogens is 2. The van der Waals surface area contributed by atoms with Gasteiger partial charge in [-0.3, -0.25) is 4.79 Å². The molecule has 1 N–H and O–H groups in total. The zero-order valence-electron chi connectivity index (χ0n) is 13.1. The molecule has 0 radical (unpaired) electrons. The van der Waals surface area contributed by atoms with Crippen LogP contribution in [-0.2, 0) is 4.79 Å². The van der Waals surface area contributed by atoms with E-state index in [0.717, 1.165) is 10.0 Å². The number of benzene rings is 2. The van der Waals surface area contributed by atoms with Gasteiger partial charge < -0.3 is 10.1 Å². The molecule has 0 aliphatic rings. The van der Waals surface area contributed by atoms with Crippen molar-refractivity contribution in [2.24, 2.45) is 5.92 Å². The van der Waals surface area contributed by atoms with E-state index in [4.69, 9.17) is 16.3 Å². The van der Waals surface area contributed by atoms with Gasteiger partial charge in [0.05, 0.1) is 10.5 Å². The van der Waals surface area contributed by atoms with Gasteiger partial charge in [-0.05, 0) is 45.6 Å². The van der Waals surface area contributed by atoms with Gasteiger partial charge >= 0.3 is 0 Å². The van der Waals surface area contributed by atoms with Gasteiger partial charge in [-0.15, -0.1) is 0 Å². The van der Waals surface area contributed by atoms with E-state index in [1.165, 1.54) is 0 Å². The van der Waals surface area contributed by atoms with Gasteiger partial charge in [0.2, 0.25) is 0 Å². The Balaban J connectivity index is 1.97. The second kappa shape index (κ2) is 8.37. The third-order valence-corrected chi connectivity index (χ3v) is 4.25. The van der Waals surface area contributed by atoms with E-state index < -0.39 is 0 Å². The smallest absolute Gasteiger partial charge is 0.258 e. The summed E-state index contributed by atoms with van der Waals surface area (Å²) in [5, 5.41) is 3.64.